The number of pyridine rings is 1. The second kappa shape index (κ2) is 9.15. The molecule has 4 aromatic rings. The molecule has 1 fully saturated rings. The van der Waals surface area contributed by atoms with E-state index in [2.05, 4.69) is 82.9 Å². The maximum absolute atomic E-state index is 12.6. The largest absolute Gasteiger partial charge is 0.465 e. The Morgan fingerprint density at radius 3 is 2.42 bits per heavy atom. The standard InChI is InChI=1S/C31H29N3O2/c1-34-15-14-24-16-26(33-30-28(31(35)36-2)17-25(19-32-30)22-8-9-22)18-27(29(24)34)23-12-10-21(11-13-23)20-6-4-3-5-7-20/h3-7,10-13,16-19,22H,8-9,14-15H2,1-2H3,(H,32,33). The van der Waals surface area contributed by atoms with Crippen LogP contribution in [0.3, 0.4) is 0 Å². The van der Waals surface area contributed by atoms with E-state index in [0.717, 1.165) is 42.6 Å². The molecule has 0 saturated heterocycles. The van der Waals surface area contributed by atoms with Crippen molar-refractivity contribution in [2.45, 2.75) is 25.2 Å². The van der Waals surface area contributed by atoms with Crippen molar-refractivity contribution in [3.05, 3.63) is 95.7 Å². The minimum absolute atomic E-state index is 0.370. The zero-order chi connectivity index (χ0) is 24.6. The minimum Gasteiger partial charge on any atom is -0.465 e. The van der Waals surface area contributed by atoms with Gasteiger partial charge in [-0.15, -0.1) is 0 Å². The molecular weight excluding hydrogens is 446 g/mol. The lowest BCUT2D eigenvalue weighted by atomic mass is 9.96. The first-order valence-corrected chi connectivity index (χ1v) is 12.5. The van der Waals surface area contributed by atoms with E-state index in [1.54, 1.807) is 0 Å². The summed E-state index contributed by atoms with van der Waals surface area (Å²) < 4.78 is 5.07. The molecule has 0 spiro atoms. The Morgan fingerprint density at radius 2 is 1.69 bits per heavy atom. The second-order valence-corrected chi connectivity index (χ2v) is 9.70. The number of esters is 1. The summed E-state index contributed by atoms with van der Waals surface area (Å²) in [7, 11) is 3.56. The third-order valence-corrected chi connectivity index (χ3v) is 7.22. The summed E-state index contributed by atoms with van der Waals surface area (Å²) in [6.07, 6.45) is 5.17. The number of aromatic nitrogens is 1. The Morgan fingerprint density at radius 1 is 0.972 bits per heavy atom. The molecule has 0 bridgehead atoms. The molecule has 1 aliphatic carbocycles. The normalized spacial score (nSPS) is 14.4. The fraction of sp³-hybridized carbons (Fsp3) is 0.226. The lowest BCUT2D eigenvalue weighted by Gasteiger charge is -2.20. The van der Waals surface area contributed by atoms with E-state index >= 15 is 0 Å². The van der Waals surface area contributed by atoms with Gasteiger partial charge in [-0.05, 0) is 71.2 Å². The van der Waals surface area contributed by atoms with Crippen molar-refractivity contribution in [3.63, 3.8) is 0 Å². The number of methoxy groups -OCH3 is 1. The Labute approximate surface area is 211 Å². The summed E-state index contributed by atoms with van der Waals surface area (Å²) in [4.78, 5) is 19.5. The van der Waals surface area contributed by atoms with Crippen LogP contribution in [-0.4, -0.2) is 31.7 Å². The first kappa shape index (κ1) is 22.4. The number of anilines is 3. The van der Waals surface area contributed by atoms with Gasteiger partial charge in [0.25, 0.3) is 0 Å². The van der Waals surface area contributed by atoms with Gasteiger partial charge in [0.2, 0.25) is 0 Å². The minimum atomic E-state index is -0.370. The van der Waals surface area contributed by atoms with Crippen LogP contribution in [0.4, 0.5) is 17.2 Å². The zero-order valence-electron chi connectivity index (χ0n) is 20.6. The Bertz CT molecular complexity index is 1430. The van der Waals surface area contributed by atoms with Crippen molar-refractivity contribution in [3.8, 4) is 22.3 Å². The first-order chi connectivity index (χ1) is 17.6. The van der Waals surface area contributed by atoms with Crippen molar-refractivity contribution in [1.82, 2.24) is 4.98 Å². The van der Waals surface area contributed by atoms with Crippen LogP contribution in [0.1, 0.15) is 40.2 Å². The van der Waals surface area contributed by atoms with Gasteiger partial charge in [0.1, 0.15) is 11.4 Å². The quantitative estimate of drug-likeness (QED) is 0.310. The first-order valence-electron chi connectivity index (χ1n) is 12.5. The molecule has 1 N–H and O–H groups in total. The van der Waals surface area contributed by atoms with Gasteiger partial charge in [-0.3, -0.25) is 0 Å². The van der Waals surface area contributed by atoms with Crippen LogP contribution in [0, 0.1) is 0 Å². The number of hydrogen-bond acceptors (Lipinski definition) is 5. The number of nitrogens with one attached hydrogen (secondary N) is 1. The van der Waals surface area contributed by atoms with E-state index in [4.69, 9.17) is 4.74 Å². The van der Waals surface area contributed by atoms with Gasteiger partial charge in [0.05, 0.1) is 7.11 Å². The molecule has 0 unspecified atom stereocenters. The molecule has 0 radical (unpaired) electrons. The van der Waals surface area contributed by atoms with Crippen LogP contribution in [0.2, 0.25) is 0 Å². The number of carbonyl (C=O) groups is 1. The van der Waals surface area contributed by atoms with Crippen LogP contribution in [0.15, 0.2) is 79.0 Å². The van der Waals surface area contributed by atoms with E-state index in [-0.39, 0.29) is 5.97 Å². The number of hydrogen-bond donors (Lipinski definition) is 1. The molecule has 36 heavy (non-hydrogen) atoms. The summed E-state index contributed by atoms with van der Waals surface area (Å²) in [5.41, 5.74) is 9.79. The summed E-state index contributed by atoms with van der Waals surface area (Å²) in [6.45, 7) is 0.982. The molecule has 1 aromatic heterocycles. The average Bonchev–Trinajstić information content (AvgIpc) is 3.71. The predicted octanol–water partition coefficient (Wildman–Crippen LogP) is 6.82. The molecule has 5 heteroatoms. The monoisotopic (exact) mass is 475 g/mol. The number of rotatable bonds is 6. The summed E-state index contributed by atoms with van der Waals surface area (Å²) in [6, 6.07) is 25.4. The molecule has 0 atom stereocenters. The molecular formula is C31H29N3O2. The fourth-order valence-corrected chi connectivity index (χ4v) is 5.12. The van der Waals surface area contributed by atoms with Crippen LogP contribution in [0.25, 0.3) is 22.3 Å². The van der Waals surface area contributed by atoms with Crippen LogP contribution in [0.5, 0.6) is 0 Å². The summed E-state index contributed by atoms with van der Waals surface area (Å²) in [5, 5.41) is 3.44. The second-order valence-electron chi connectivity index (χ2n) is 9.70. The van der Waals surface area contributed by atoms with Crippen molar-refractivity contribution in [2.24, 2.45) is 0 Å². The molecule has 2 heterocycles. The average molecular weight is 476 g/mol. The molecule has 6 rings (SSSR count). The number of fused-ring (bicyclic) bond motifs is 1. The zero-order valence-corrected chi connectivity index (χ0v) is 20.6. The third kappa shape index (κ3) is 4.22. The smallest absolute Gasteiger partial charge is 0.341 e. The highest BCUT2D eigenvalue weighted by molar-refractivity contribution is 5.96. The van der Waals surface area contributed by atoms with Crippen LogP contribution in [-0.2, 0) is 11.2 Å². The van der Waals surface area contributed by atoms with Gasteiger partial charge in [-0.2, -0.15) is 0 Å². The Balaban J connectivity index is 1.38. The summed E-state index contributed by atoms with van der Waals surface area (Å²) >= 11 is 0. The number of carbonyl (C=O) groups excluding carboxylic acids is 1. The topological polar surface area (TPSA) is 54.5 Å². The van der Waals surface area contributed by atoms with E-state index in [0.29, 0.717) is 17.3 Å². The van der Waals surface area contributed by atoms with E-state index in [1.807, 2.05) is 18.3 Å². The van der Waals surface area contributed by atoms with Crippen LogP contribution < -0.4 is 10.2 Å². The van der Waals surface area contributed by atoms with Crippen molar-refractivity contribution in [1.29, 1.82) is 0 Å². The van der Waals surface area contributed by atoms with Gasteiger partial charge in [-0.1, -0.05) is 54.6 Å². The van der Waals surface area contributed by atoms with E-state index in [1.165, 1.54) is 35.1 Å². The van der Waals surface area contributed by atoms with Gasteiger partial charge >= 0.3 is 5.97 Å². The molecule has 5 nitrogen and oxygen atoms in total. The number of likely N-dealkylation sites (N-methyl/N-ethyl adjacent to an activating group) is 1. The van der Waals surface area contributed by atoms with Crippen molar-refractivity contribution >= 4 is 23.2 Å². The van der Waals surface area contributed by atoms with E-state index in [9.17, 15) is 4.79 Å². The molecule has 1 saturated carbocycles. The highest BCUT2D eigenvalue weighted by Gasteiger charge is 2.27. The Kier molecular flexibility index (Phi) is 5.68. The third-order valence-electron chi connectivity index (χ3n) is 7.22. The van der Waals surface area contributed by atoms with Crippen molar-refractivity contribution < 1.29 is 9.53 Å². The Hall–Kier alpha value is -4.12. The predicted molar refractivity (Wildman–Crippen MR) is 145 cm³/mol. The van der Waals surface area contributed by atoms with E-state index < -0.39 is 0 Å². The maximum atomic E-state index is 12.6. The lowest BCUT2D eigenvalue weighted by Crippen LogP contribution is -2.13. The highest BCUT2D eigenvalue weighted by Crippen LogP contribution is 2.42. The van der Waals surface area contributed by atoms with Crippen LogP contribution >= 0.6 is 0 Å². The van der Waals surface area contributed by atoms with Gasteiger partial charge in [0.15, 0.2) is 0 Å². The fourth-order valence-electron chi connectivity index (χ4n) is 5.12. The SMILES string of the molecule is COC(=O)c1cc(C2CC2)cnc1Nc1cc2c(c(-c3ccc(-c4ccccc4)cc3)c1)N(C)CC2. The molecule has 2 aliphatic rings. The van der Waals surface area contributed by atoms with Gasteiger partial charge in [-0.25, -0.2) is 9.78 Å². The van der Waals surface area contributed by atoms with Gasteiger partial charge in [0, 0.05) is 36.7 Å². The maximum Gasteiger partial charge on any atom is 0.341 e. The van der Waals surface area contributed by atoms with Crippen molar-refractivity contribution in [2.75, 3.05) is 30.9 Å². The highest BCUT2D eigenvalue weighted by atomic mass is 16.5. The molecule has 3 aromatic carbocycles. The molecule has 0 amide bonds. The number of ether oxygens (including phenoxy) is 1. The van der Waals surface area contributed by atoms with Gasteiger partial charge < -0.3 is 15.0 Å². The molecule has 180 valence electrons. The number of benzene rings is 3. The lowest BCUT2D eigenvalue weighted by molar-refractivity contribution is 0.0601. The number of nitrogens with zero attached hydrogens (tertiary/aromatic N) is 2. The summed E-state index contributed by atoms with van der Waals surface area (Å²) in [5.74, 6) is 0.670. The molecule has 1 aliphatic heterocycles.